The van der Waals surface area contributed by atoms with E-state index in [0.29, 0.717) is 45.4 Å². The quantitative estimate of drug-likeness (QED) is 0.364. The van der Waals surface area contributed by atoms with Gasteiger partial charge in [-0.1, -0.05) is 0 Å². The summed E-state index contributed by atoms with van der Waals surface area (Å²) in [5.74, 6) is 1.23. The lowest BCUT2D eigenvalue weighted by atomic mass is 10.3. The molecule has 9 nitrogen and oxygen atoms in total. The van der Waals surface area contributed by atoms with Crippen LogP contribution in [0.5, 0.6) is 0 Å². The molecule has 0 amide bonds. The van der Waals surface area contributed by atoms with Crippen LogP contribution < -0.4 is 11.2 Å². The highest BCUT2D eigenvalue weighted by Gasteiger charge is 2.15. The predicted molar refractivity (Wildman–Crippen MR) is 102 cm³/mol. The van der Waals surface area contributed by atoms with Gasteiger partial charge in [-0.05, 0) is 20.3 Å². The lowest BCUT2D eigenvalue weighted by molar-refractivity contribution is 0.594. The van der Waals surface area contributed by atoms with E-state index < -0.39 is 0 Å². The van der Waals surface area contributed by atoms with Crippen molar-refractivity contribution < 1.29 is 0 Å². The molecule has 0 N–H and O–H groups in total. The molecule has 27 heavy (non-hydrogen) atoms. The number of thioether (sulfide) groups is 1. The summed E-state index contributed by atoms with van der Waals surface area (Å²) in [6, 6.07) is 2.13. The Morgan fingerprint density at radius 2 is 1.96 bits per heavy atom. The van der Waals surface area contributed by atoms with Crippen molar-refractivity contribution in [1.29, 1.82) is 5.26 Å². The van der Waals surface area contributed by atoms with E-state index in [-0.39, 0.29) is 17.8 Å². The van der Waals surface area contributed by atoms with E-state index in [2.05, 4.69) is 21.0 Å². The first-order chi connectivity index (χ1) is 12.8. The molecule has 0 atom stereocenters. The zero-order valence-electron chi connectivity index (χ0n) is 15.6. The lowest BCUT2D eigenvalue weighted by Gasteiger charge is -2.09. The number of fused-ring (bicyclic) bond motifs is 1. The highest BCUT2D eigenvalue weighted by Crippen LogP contribution is 2.22. The summed E-state index contributed by atoms with van der Waals surface area (Å²) in [4.78, 5) is 37.8. The van der Waals surface area contributed by atoms with Crippen LogP contribution in [-0.4, -0.2) is 34.4 Å². The fourth-order valence-corrected chi connectivity index (χ4v) is 3.90. The molecular weight excluding hydrogens is 366 g/mol. The van der Waals surface area contributed by atoms with Gasteiger partial charge in [0.1, 0.15) is 22.5 Å². The first-order valence-electron chi connectivity index (χ1n) is 8.34. The lowest BCUT2D eigenvalue weighted by Crippen LogP contribution is -2.39. The molecule has 0 aliphatic heterocycles. The molecule has 3 aromatic rings. The third-order valence-corrected chi connectivity index (χ3v) is 5.31. The summed E-state index contributed by atoms with van der Waals surface area (Å²) >= 11 is 1.43. The highest BCUT2D eigenvalue weighted by atomic mass is 32.2. The molecule has 140 valence electrons. The maximum absolute atomic E-state index is 12.7. The van der Waals surface area contributed by atoms with E-state index in [1.54, 1.807) is 32.5 Å². The second-order valence-electron chi connectivity index (χ2n) is 6.18. The fourth-order valence-electron chi connectivity index (χ4n) is 2.90. The van der Waals surface area contributed by atoms with Crippen molar-refractivity contribution in [2.45, 2.75) is 31.8 Å². The third kappa shape index (κ3) is 3.38. The number of nitriles is 1. The monoisotopic (exact) mass is 385 g/mol. The minimum Gasteiger partial charge on any atom is -0.328 e. The topological polar surface area (TPSA) is 111 Å². The van der Waals surface area contributed by atoms with Crippen molar-refractivity contribution in [1.82, 2.24) is 28.7 Å². The summed E-state index contributed by atoms with van der Waals surface area (Å²) in [5, 5.41) is 9.92. The van der Waals surface area contributed by atoms with Crippen LogP contribution in [0.3, 0.4) is 0 Å². The Morgan fingerprint density at radius 3 is 2.67 bits per heavy atom. The molecule has 10 heteroatoms. The Morgan fingerprint density at radius 1 is 1.22 bits per heavy atom. The van der Waals surface area contributed by atoms with Gasteiger partial charge in [0.15, 0.2) is 11.2 Å². The zero-order chi connectivity index (χ0) is 19.7. The molecule has 0 aliphatic rings. The molecule has 0 aliphatic carbocycles. The Hall–Kier alpha value is -2.93. The zero-order valence-corrected chi connectivity index (χ0v) is 16.4. The molecule has 0 saturated carbocycles. The molecule has 0 saturated heterocycles. The number of imidazole rings is 1. The normalized spacial score (nSPS) is 11.1. The maximum atomic E-state index is 12.7. The summed E-state index contributed by atoms with van der Waals surface area (Å²) in [6.45, 7) is 3.85. The average Bonchev–Trinajstić information content (AvgIpc) is 3.00. The van der Waals surface area contributed by atoms with E-state index in [1.165, 1.54) is 27.2 Å². The number of aromatic nitrogens is 6. The fraction of sp³-hybridized carbons (Fsp3) is 0.412. The van der Waals surface area contributed by atoms with E-state index >= 15 is 0 Å². The van der Waals surface area contributed by atoms with E-state index in [0.717, 1.165) is 0 Å². The summed E-state index contributed by atoms with van der Waals surface area (Å²) in [6.07, 6.45) is 2.10. The molecule has 3 heterocycles. The molecule has 0 aromatic carbocycles. The number of hydrogen-bond acceptors (Lipinski definition) is 7. The van der Waals surface area contributed by atoms with Crippen LogP contribution in [0.4, 0.5) is 0 Å². The number of aryl methyl sites for hydroxylation is 4. The van der Waals surface area contributed by atoms with Gasteiger partial charge in [-0.25, -0.2) is 19.7 Å². The molecule has 0 unspecified atom stereocenters. The van der Waals surface area contributed by atoms with Crippen LogP contribution in [0.2, 0.25) is 0 Å². The van der Waals surface area contributed by atoms with Crippen LogP contribution in [-0.2, 0) is 20.6 Å². The Bertz CT molecular complexity index is 1180. The SMILES string of the molecule is Cc1nc(C)c(C#N)c(SCCCn2c(=O)c3c(ncn3C)n(C)c2=O)n1. The van der Waals surface area contributed by atoms with Crippen LogP contribution in [0.15, 0.2) is 20.9 Å². The van der Waals surface area contributed by atoms with E-state index in [1.807, 2.05) is 0 Å². The Kier molecular flexibility index (Phi) is 5.14. The predicted octanol–water partition coefficient (Wildman–Crippen LogP) is 0.895. The highest BCUT2D eigenvalue weighted by molar-refractivity contribution is 7.99. The van der Waals surface area contributed by atoms with Gasteiger partial charge in [-0.2, -0.15) is 5.26 Å². The molecule has 3 aromatic heterocycles. The second kappa shape index (κ2) is 7.36. The standard InChI is InChI=1S/C17H19N7O2S/c1-10-12(8-18)15(21-11(2)20-10)27-7-5-6-24-16(25)13-14(19-9-22(13)3)23(4)17(24)26/h9H,5-7H2,1-4H3. The van der Waals surface area contributed by atoms with Gasteiger partial charge in [0, 0.05) is 26.4 Å². The minimum atomic E-state index is -0.386. The molecule has 0 bridgehead atoms. The van der Waals surface area contributed by atoms with Gasteiger partial charge in [-0.3, -0.25) is 13.9 Å². The van der Waals surface area contributed by atoms with Gasteiger partial charge in [0.2, 0.25) is 0 Å². The van der Waals surface area contributed by atoms with Gasteiger partial charge in [-0.15, -0.1) is 11.8 Å². The van der Waals surface area contributed by atoms with Crippen LogP contribution >= 0.6 is 11.8 Å². The van der Waals surface area contributed by atoms with Crippen molar-refractivity contribution in [3.63, 3.8) is 0 Å². The van der Waals surface area contributed by atoms with Crippen LogP contribution in [0.1, 0.15) is 23.5 Å². The van der Waals surface area contributed by atoms with Gasteiger partial charge in [0.05, 0.1) is 12.0 Å². The number of hydrogen-bond donors (Lipinski definition) is 0. The Balaban J connectivity index is 1.80. The molecule has 3 rings (SSSR count). The summed E-state index contributed by atoms with van der Waals surface area (Å²) < 4.78 is 4.23. The van der Waals surface area contributed by atoms with Gasteiger partial charge >= 0.3 is 5.69 Å². The van der Waals surface area contributed by atoms with Crippen molar-refractivity contribution >= 4 is 22.9 Å². The molecule has 0 radical (unpaired) electrons. The maximum Gasteiger partial charge on any atom is 0.332 e. The summed E-state index contributed by atoms with van der Waals surface area (Å²) in [7, 11) is 3.33. The Labute approximate surface area is 159 Å². The minimum absolute atomic E-state index is 0.282. The summed E-state index contributed by atoms with van der Waals surface area (Å²) in [5.41, 5.74) is 1.17. The van der Waals surface area contributed by atoms with Crippen LogP contribution in [0.25, 0.3) is 11.2 Å². The van der Waals surface area contributed by atoms with Gasteiger partial charge in [0.25, 0.3) is 5.56 Å². The van der Waals surface area contributed by atoms with Crippen molar-refractivity contribution in [2.75, 3.05) is 5.75 Å². The average molecular weight is 385 g/mol. The van der Waals surface area contributed by atoms with Crippen molar-refractivity contribution in [2.24, 2.45) is 14.1 Å². The third-order valence-electron chi connectivity index (χ3n) is 4.25. The second-order valence-corrected chi connectivity index (χ2v) is 7.26. The van der Waals surface area contributed by atoms with Crippen molar-refractivity contribution in [3.05, 3.63) is 44.2 Å². The molecular formula is C17H19N7O2S. The largest absolute Gasteiger partial charge is 0.332 e. The number of nitrogens with zero attached hydrogens (tertiary/aromatic N) is 7. The van der Waals surface area contributed by atoms with Gasteiger partial charge < -0.3 is 4.57 Å². The first kappa shape index (κ1) is 18.8. The first-order valence-corrected chi connectivity index (χ1v) is 9.32. The van der Waals surface area contributed by atoms with E-state index in [9.17, 15) is 14.9 Å². The van der Waals surface area contributed by atoms with Crippen molar-refractivity contribution in [3.8, 4) is 6.07 Å². The van der Waals surface area contributed by atoms with Crippen LogP contribution in [0, 0.1) is 25.2 Å². The number of rotatable bonds is 5. The van der Waals surface area contributed by atoms with E-state index in [4.69, 9.17) is 0 Å². The molecule has 0 spiro atoms. The smallest absolute Gasteiger partial charge is 0.328 e. The molecule has 0 fully saturated rings.